The summed E-state index contributed by atoms with van der Waals surface area (Å²) in [4.78, 5) is 12.3. The molecule has 5 nitrogen and oxygen atoms in total. The van der Waals surface area contributed by atoms with E-state index < -0.39 is 15.6 Å². The highest BCUT2D eigenvalue weighted by Crippen LogP contribution is 2.39. The number of ether oxygens (including phenoxy) is 1. The minimum absolute atomic E-state index is 0.0975. The fourth-order valence-electron chi connectivity index (χ4n) is 3.25. The maximum absolute atomic E-state index is 12.3. The van der Waals surface area contributed by atoms with Gasteiger partial charge in [-0.25, -0.2) is 13.1 Å². The Labute approximate surface area is 134 Å². The molecule has 2 rings (SSSR count). The molecule has 0 aliphatic heterocycles. The molecule has 0 amide bonds. The minimum atomic E-state index is -3.13. The zero-order valence-corrected chi connectivity index (χ0v) is 14.9. The van der Waals surface area contributed by atoms with Crippen molar-refractivity contribution >= 4 is 16.0 Å². The van der Waals surface area contributed by atoms with Gasteiger partial charge in [0.05, 0.1) is 11.2 Å². The second-order valence-corrected chi connectivity index (χ2v) is 9.78. The van der Waals surface area contributed by atoms with E-state index in [0.717, 1.165) is 32.1 Å². The van der Waals surface area contributed by atoms with Gasteiger partial charge in [-0.05, 0) is 58.3 Å². The average Bonchev–Trinajstić information content (AvgIpc) is 3.15. The van der Waals surface area contributed by atoms with Crippen LogP contribution in [0.2, 0.25) is 0 Å². The Balaban J connectivity index is 1.90. The normalized spacial score (nSPS) is 29.5. The van der Waals surface area contributed by atoms with Gasteiger partial charge in [0.2, 0.25) is 10.0 Å². The number of esters is 1. The first kappa shape index (κ1) is 17.7. The van der Waals surface area contributed by atoms with Gasteiger partial charge in [0, 0.05) is 6.54 Å². The van der Waals surface area contributed by atoms with Crippen LogP contribution in [0.5, 0.6) is 0 Å². The van der Waals surface area contributed by atoms with Gasteiger partial charge in [-0.2, -0.15) is 0 Å². The molecule has 22 heavy (non-hydrogen) atoms. The molecule has 3 atom stereocenters. The molecule has 2 aliphatic carbocycles. The van der Waals surface area contributed by atoms with Crippen molar-refractivity contribution in [2.45, 2.75) is 70.7 Å². The smallest absolute Gasteiger partial charge is 0.309 e. The summed E-state index contributed by atoms with van der Waals surface area (Å²) < 4.78 is 32.1. The maximum Gasteiger partial charge on any atom is 0.309 e. The molecule has 0 bridgehead atoms. The van der Waals surface area contributed by atoms with E-state index in [1.54, 1.807) is 0 Å². The first-order valence-corrected chi connectivity index (χ1v) is 9.88. The van der Waals surface area contributed by atoms with Gasteiger partial charge in [0.25, 0.3) is 0 Å². The molecule has 0 heterocycles. The standard InChI is InChI=1S/C16H29NO4S/c1-5-12-8-11(10-17-22(19,20)13-6-7-13)9-14(12)15(18)21-16(2,3)4/h11-14,17H,5-10H2,1-4H3. The Bertz CT molecular complexity index is 505. The van der Waals surface area contributed by atoms with E-state index in [9.17, 15) is 13.2 Å². The molecule has 1 N–H and O–H groups in total. The molecule has 0 saturated heterocycles. The van der Waals surface area contributed by atoms with Gasteiger partial charge in [-0.15, -0.1) is 0 Å². The number of hydrogen-bond acceptors (Lipinski definition) is 4. The van der Waals surface area contributed by atoms with E-state index in [-0.39, 0.29) is 23.1 Å². The lowest BCUT2D eigenvalue weighted by atomic mass is 9.93. The van der Waals surface area contributed by atoms with Crippen LogP contribution >= 0.6 is 0 Å². The van der Waals surface area contributed by atoms with Crippen LogP contribution in [-0.2, 0) is 19.6 Å². The van der Waals surface area contributed by atoms with Crippen LogP contribution in [-0.4, -0.2) is 31.8 Å². The number of hydrogen-bond donors (Lipinski definition) is 1. The van der Waals surface area contributed by atoms with E-state index in [4.69, 9.17) is 4.74 Å². The molecule has 0 spiro atoms. The van der Waals surface area contributed by atoms with E-state index in [0.29, 0.717) is 12.5 Å². The van der Waals surface area contributed by atoms with Gasteiger partial charge < -0.3 is 4.74 Å². The van der Waals surface area contributed by atoms with Gasteiger partial charge in [0.1, 0.15) is 5.60 Å². The Morgan fingerprint density at radius 1 is 1.23 bits per heavy atom. The minimum Gasteiger partial charge on any atom is -0.460 e. The third-order valence-electron chi connectivity index (χ3n) is 4.56. The van der Waals surface area contributed by atoms with E-state index in [1.165, 1.54) is 0 Å². The van der Waals surface area contributed by atoms with Gasteiger partial charge >= 0.3 is 5.97 Å². The Morgan fingerprint density at radius 2 is 1.86 bits per heavy atom. The molecular weight excluding hydrogens is 302 g/mol. The van der Waals surface area contributed by atoms with Crippen molar-refractivity contribution < 1.29 is 17.9 Å². The third kappa shape index (κ3) is 4.69. The molecule has 6 heteroatoms. The third-order valence-corrected chi connectivity index (χ3v) is 6.48. The number of sulfonamides is 1. The topological polar surface area (TPSA) is 72.5 Å². The van der Waals surface area contributed by atoms with Crippen molar-refractivity contribution in [2.75, 3.05) is 6.54 Å². The van der Waals surface area contributed by atoms with Crippen molar-refractivity contribution in [3.63, 3.8) is 0 Å². The number of rotatable bonds is 6. The second kappa shape index (κ2) is 6.48. The van der Waals surface area contributed by atoms with E-state index in [1.807, 2.05) is 20.8 Å². The lowest BCUT2D eigenvalue weighted by Crippen LogP contribution is -2.32. The van der Waals surface area contributed by atoms with Crippen molar-refractivity contribution in [2.24, 2.45) is 17.8 Å². The van der Waals surface area contributed by atoms with Crippen LogP contribution in [0, 0.1) is 17.8 Å². The average molecular weight is 331 g/mol. The van der Waals surface area contributed by atoms with E-state index >= 15 is 0 Å². The predicted octanol–water partition coefficient (Wildman–Crippen LogP) is 2.46. The Morgan fingerprint density at radius 3 is 2.36 bits per heavy atom. The van der Waals surface area contributed by atoms with Crippen LogP contribution in [0.15, 0.2) is 0 Å². The predicted molar refractivity (Wildman–Crippen MR) is 85.8 cm³/mol. The molecule has 3 unspecified atom stereocenters. The van der Waals surface area contributed by atoms with Crippen molar-refractivity contribution in [1.82, 2.24) is 4.72 Å². The Hall–Kier alpha value is -0.620. The molecular formula is C16H29NO4S. The molecule has 2 aliphatic rings. The van der Waals surface area contributed by atoms with Gasteiger partial charge in [-0.3, -0.25) is 4.79 Å². The number of carbonyl (C=O) groups is 1. The number of nitrogens with one attached hydrogen (secondary N) is 1. The summed E-state index contributed by atoms with van der Waals surface area (Å²) in [6.07, 6.45) is 4.10. The van der Waals surface area contributed by atoms with Crippen LogP contribution in [0.3, 0.4) is 0 Å². The van der Waals surface area contributed by atoms with Crippen LogP contribution in [0.4, 0.5) is 0 Å². The summed E-state index contributed by atoms with van der Waals surface area (Å²) in [7, 11) is -3.13. The fourth-order valence-corrected chi connectivity index (χ4v) is 4.71. The van der Waals surface area contributed by atoms with Crippen LogP contribution in [0.1, 0.15) is 59.8 Å². The molecule has 0 radical (unpaired) electrons. The van der Waals surface area contributed by atoms with Gasteiger partial charge in [-0.1, -0.05) is 13.3 Å². The van der Waals surface area contributed by atoms with Gasteiger partial charge in [0.15, 0.2) is 0 Å². The first-order valence-electron chi connectivity index (χ1n) is 8.33. The summed E-state index contributed by atoms with van der Waals surface area (Å²) in [6, 6.07) is 0. The largest absolute Gasteiger partial charge is 0.460 e. The Kier molecular flexibility index (Phi) is 5.22. The summed E-state index contributed by atoms with van der Waals surface area (Å²) in [6.45, 7) is 8.17. The molecule has 2 fully saturated rings. The van der Waals surface area contributed by atoms with Crippen LogP contribution < -0.4 is 4.72 Å². The zero-order chi connectivity index (χ0) is 16.5. The summed E-state index contributed by atoms with van der Waals surface area (Å²) in [5, 5.41) is -0.183. The summed E-state index contributed by atoms with van der Waals surface area (Å²) >= 11 is 0. The molecule has 0 aromatic heterocycles. The lowest BCUT2D eigenvalue weighted by molar-refractivity contribution is -0.161. The summed E-state index contributed by atoms with van der Waals surface area (Å²) in [5.41, 5.74) is -0.471. The SMILES string of the molecule is CCC1CC(CNS(=O)(=O)C2CC2)CC1C(=O)OC(C)(C)C. The zero-order valence-electron chi connectivity index (χ0n) is 14.1. The first-order chi connectivity index (χ1) is 10.1. The van der Waals surface area contributed by atoms with Crippen molar-refractivity contribution in [3.8, 4) is 0 Å². The monoisotopic (exact) mass is 331 g/mol. The molecule has 128 valence electrons. The highest BCUT2D eigenvalue weighted by atomic mass is 32.2. The lowest BCUT2D eigenvalue weighted by Gasteiger charge is -2.24. The number of carbonyl (C=O) groups excluding carboxylic acids is 1. The summed E-state index contributed by atoms with van der Waals surface area (Å²) in [5.74, 6) is 0.299. The molecule has 2 saturated carbocycles. The van der Waals surface area contributed by atoms with Crippen molar-refractivity contribution in [3.05, 3.63) is 0 Å². The van der Waals surface area contributed by atoms with Crippen LogP contribution in [0.25, 0.3) is 0 Å². The quantitative estimate of drug-likeness (QED) is 0.759. The highest BCUT2D eigenvalue weighted by molar-refractivity contribution is 7.90. The van der Waals surface area contributed by atoms with E-state index in [2.05, 4.69) is 11.6 Å². The van der Waals surface area contributed by atoms with Crippen molar-refractivity contribution in [1.29, 1.82) is 0 Å². The second-order valence-electron chi connectivity index (χ2n) is 7.74. The molecule has 0 aromatic carbocycles. The fraction of sp³-hybridized carbons (Fsp3) is 0.938. The highest BCUT2D eigenvalue weighted by Gasteiger charge is 2.41. The maximum atomic E-state index is 12.3. The molecule has 0 aromatic rings.